The number of thiazole rings is 1. The Hall–Kier alpha value is -2.19. The number of hydrogen-bond acceptors (Lipinski definition) is 6. The van der Waals surface area contributed by atoms with E-state index in [1.54, 1.807) is 18.3 Å². The number of Topliss-reactive ketones (excluding diaryl/α,β-unsaturated/α-hetero) is 1. The van der Waals surface area contributed by atoms with Crippen molar-refractivity contribution in [3.05, 3.63) is 45.9 Å². The van der Waals surface area contributed by atoms with Crippen LogP contribution in [0.5, 0.6) is 5.75 Å². The first-order valence-corrected chi connectivity index (χ1v) is 8.52. The molecule has 0 amide bonds. The van der Waals surface area contributed by atoms with E-state index in [0.29, 0.717) is 24.8 Å². The van der Waals surface area contributed by atoms with Gasteiger partial charge in [-0.1, -0.05) is 12.1 Å². The summed E-state index contributed by atoms with van der Waals surface area (Å²) in [6, 6.07) is 4.85. The summed E-state index contributed by atoms with van der Waals surface area (Å²) in [5.41, 5.74) is 0.734. The fourth-order valence-corrected chi connectivity index (χ4v) is 3.46. The lowest BCUT2D eigenvalue weighted by atomic mass is 9.64. The first-order valence-electron chi connectivity index (χ1n) is 7.64. The van der Waals surface area contributed by atoms with Crippen molar-refractivity contribution >= 4 is 30.2 Å². The Morgan fingerprint density at radius 1 is 1.42 bits per heavy atom. The van der Waals surface area contributed by atoms with Crippen LogP contribution in [0.2, 0.25) is 5.82 Å². The van der Waals surface area contributed by atoms with Crippen molar-refractivity contribution in [3.8, 4) is 5.75 Å². The molecular formula is C16H16BNO5S. The van der Waals surface area contributed by atoms with Crippen LogP contribution >= 0.6 is 11.3 Å². The Kier molecular flexibility index (Phi) is 4.96. The summed E-state index contributed by atoms with van der Waals surface area (Å²) >= 11 is 1.51. The molecule has 1 aromatic carbocycles. The molecule has 1 aliphatic heterocycles. The van der Waals surface area contributed by atoms with Gasteiger partial charge in [-0.05, 0) is 18.1 Å². The fourth-order valence-electron chi connectivity index (χ4n) is 2.84. The van der Waals surface area contributed by atoms with Crippen LogP contribution in [-0.2, 0) is 17.6 Å². The van der Waals surface area contributed by atoms with Crippen LogP contribution in [0.3, 0.4) is 0 Å². The van der Waals surface area contributed by atoms with Crippen LogP contribution in [0, 0.1) is 0 Å². The van der Waals surface area contributed by atoms with Crippen molar-refractivity contribution in [3.63, 3.8) is 0 Å². The van der Waals surface area contributed by atoms with Crippen LogP contribution in [0.4, 0.5) is 0 Å². The molecule has 0 bridgehead atoms. The van der Waals surface area contributed by atoms with Crippen molar-refractivity contribution in [2.45, 2.75) is 31.5 Å². The highest BCUT2D eigenvalue weighted by Crippen LogP contribution is 2.36. The molecule has 8 heteroatoms. The molecule has 0 spiro atoms. The average Bonchev–Trinajstić information content (AvgIpc) is 3.06. The lowest BCUT2D eigenvalue weighted by molar-refractivity contribution is -0.119. The van der Waals surface area contributed by atoms with Gasteiger partial charge in [-0.2, -0.15) is 0 Å². The van der Waals surface area contributed by atoms with Gasteiger partial charge in [0, 0.05) is 36.7 Å². The Bertz CT molecular complexity index is 749. The van der Waals surface area contributed by atoms with E-state index >= 15 is 0 Å². The summed E-state index contributed by atoms with van der Waals surface area (Å²) in [4.78, 5) is 27.5. The average molecular weight is 345 g/mol. The molecule has 6 nitrogen and oxygen atoms in total. The number of aromatic nitrogens is 1. The molecule has 2 heterocycles. The highest BCUT2D eigenvalue weighted by atomic mass is 32.1. The number of para-hydroxylation sites is 1. The lowest BCUT2D eigenvalue weighted by Crippen LogP contribution is -2.35. The minimum Gasteiger partial charge on any atom is -0.535 e. The third-order valence-electron chi connectivity index (χ3n) is 4.04. The molecule has 3 rings (SSSR count). The second-order valence-electron chi connectivity index (χ2n) is 5.74. The second-order valence-corrected chi connectivity index (χ2v) is 6.72. The van der Waals surface area contributed by atoms with E-state index in [2.05, 4.69) is 4.98 Å². The molecule has 124 valence electrons. The third kappa shape index (κ3) is 3.65. The van der Waals surface area contributed by atoms with Crippen molar-refractivity contribution in [2.75, 3.05) is 0 Å². The zero-order valence-corrected chi connectivity index (χ0v) is 13.7. The number of fused-ring (bicyclic) bond motifs is 1. The maximum atomic E-state index is 12.2. The summed E-state index contributed by atoms with van der Waals surface area (Å²) < 4.78 is 5.40. The smallest absolute Gasteiger partial charge is 0.526 e. The third-order valence-corrected chi connectivity index (χ3v) is 4.88. The van der Waals surface area contributed by atoms with Crippen LogP contribution in [-0.4, -0.2) is 34.0 Å². The summed E-state index contributed by atoms with van der Waals surface area (Å²) in [5.74, 6) is -1.23. The van der Waals surface area contributed by atoms with Gasteiger partial charge in [0.25, 0.3) is 0 Å². The Morgan fingerprint density at radius 2 is 2.25 bits per heavy atom. The molecule has 0 aliphatic carbocycles. The van der Waals surface area contributed by atoms with Crippen molar-refractivity contribution < 1.29 is 24.4 Å². The summed E-state index contributed by atoms with van der Waals surface area (Å²) in [7, 11) is -1.18. The number of ketones is 1. The molecule has 0 fully saturated rings. The number of carbonyl (C=O) groups excluding carboxylic acids is 1. The molecule has 24 heavy (non-hydrogen) atoms. The minimum atomic E-state index is -1.18. The molecule has 1 aromatic heterocycles. The SMILES string of the molecule is O=C(CCc1nccs1)C[C@H]1Cc2cccc(C(=O)O)c2OB1O. The molecule has 0 saturated heterocycles. The molecule has 2 N–H and O–H groups in total. The predicted molar refractivity (Wildman–Crippen MR) is 89.5 cm³/mol. The number of nitrogens with zero attached hydrogens (tertiary/aromatic N) is 1. The molecule has 1 aliphatic rings. The van der Waals surface area contributed by atoms with Gasteiger partial charge in [0.2, 0.25) is 0 Å². The number of carbonyl (C=O) groups is 2. The molecule has 0 saturated carbocycles. The quantitative estimate of drug-likeness (QED) is 0.780. The van der Waals surface area contributed by atoms with E-state index in [4.69, 9.17) is 4.65 Å². The Morgan fingerprint density at radius 3 is 2.96 bits per heavy atom. The monoisotopic (exact) mass is 345 g/mol. The molecule has 1 atom stereocenters. The number of hydrogen-bond donors (Lipinski definition) is 2. The van der Waals surface area contributed by atoms with E-state index in [9.17, 15) is 19.7 Å². The highest BCUT2D eigenvalue weighted by molar-refractivity contribution is 7.09. The van der Waals surface area contributed by atoms with Gasteiger partial charge in [0.05, 0.1) is 10.6 Å². The van der Waals surface area contributed by atoms with Crippen LogP contribution in [0.15, 0.2) is 29.8 Å². The number of carboxylic acids is 1. The van der Waals surface area contributed by atoms with Crippen molar-refractivity contribution in [1.29, 1.82) is 0 Å². The van der Waals surface area contributed by atoms with Crippen molar-refractivity contribution in [2.24, 2.45) is 0 Å². The zero-order chi connectivity index (χ0) is 17.1. The number of aromatic carboxylic acids is 1. The van der Waals surface area contributed by atoms with Crippen LogP contribution in [0.25, 0.3) is 0 Å². The van der Waals surface area contributed by atoms with Crippen molar-refractivity contribution in [1.82, 2.24) is 4.98 Å². The molecule has 0 radical (unpaired) electrons. The summed E-state index contributed by atoms with van der Waals surface area (Å²) in [6.45, 7) is 0. The normalized spacial score (nSPS) is 16.4. The first-order chi connectivity index (χ1) is 11.5. The second kappa shape index (κ2) is 7.15. The standard InChI is InChI=1S/C16H16BNO5S/c19-12(4-5-14-18-6-7-24-14)9-11-8-10-2-1-3-13(16(20)21)15(10)23-17(11)22/h1-3,6-7,11,22H,4-5,8-9H2,(H,20,21)/t11-/m1/s1. The minimum absolute atomic E-state index is 0.0279. The zero-order valence-electron chi connectivity index (χ0n) is 12.8. The highest BCUT2D eigenvalue weighted by Gasteiger charge is 2.37. The number of aryl methyl sites for hydroxylation is 1. The van der Waals surface area contributed by atoms with Gasteiger partial charge in [0.1, 0.15) is 11.5 Å². The van der Waals surface area contributed by atoms with E-state index in [1.807, 2.05) is 5.38 Å². The Balaban J connectivity index is 1.64. The fraction of sp³-hybridized carbons (Fsp3) is 0.312. The van der Waals surface area contributed by atoms with Crippen LogP contribution in [0.1, 0.15) is 33.8 Å². The van der Waals surface area contributed by atoms with Gasteiger partial charge in [0.15, 0.2) is 0 Å². The number of carboxylic acid groups (broad SMARTS) is 1. The first kappa shape index (κ1) is 16.7. The van der Waals surface area contributed by atoms with Gasteiger partial charge in [-0.25, -0.2) is 9.78 Å². The lowest BCUT2D eigenvalue weighted by Gasteiger charge is -2.28. The Labute approximate surface area is 143 Å². The number of benzene rings is 1. The summed E-state index contributed by atoms with van der Waals surface area (Å²) in [5, 5.41) is 22.1. The maximum Gasteiger partial charge on any atom is 0.526 e. The van der Waals surface area contributed by atoms with E-state index in [-0.39, 0.29) is 29.3 Å². The van der Waals surface area contributed by atoms with Gasteiger partial charge < -0.3 is 14.8 Å². The van der Waals surface area contributed by atoms with Gasteiger partial charge in [-0.15, -0.1) is 11.3 Å². The largest absolute Gasteiger partial charge is 0.535 e. The molecule has 2 aromatic rings. The number of rotatable bonds is 6. The molecular weight excluding hydrogens is 329 g/mol. The van der Waals surface area contributed by atoms with E-state index in [1.165, 1.54) is 17.4 Å². The van der Waals surface area contributed by atoms with Crippen LogP contribution < -0.4 is 4.65 Å². The van der Waals surface area contributed by atoms with Gasteiger partial charge >= 0.3 is 13.1 Å². The maximum absolute atomic E-state index is 12.2. The van der Waals surface area contributed by atoms with Gasteiger partial charge in [-0.3, -0.25) is 4.79 Å². The van der Waals surface area contributed by atoms with E-state index in [0.717, 1.165) is 5.01 Å². The predicted octanol–water partition coefficient (Wildman–Crippen LogP) is 2.22. The topological polar surface area (TPSA) is 96.7 Å². The summed E-state index contributed by atoms with van der Waals surface area (Å²) in [6.07, 6.45) is 3.29. The van der Waals surface area contributed by atoms with E-state index < -0.39 is 13.1 Å². The molecule has 0 unspecified atom stereocenters.